The summed E-state index contributed by atoms with van der Waals surface area (Å²) in [6.45, 7) is 3.74. The highest BCUT2D eigenvalue weighted by Crippen LogP contribution is 2.44. The molecule has 1 aliphatic rings. The standard InChI is InChI=1S/C12H20O4/c1-8(2)7-12(10(13)14,11(15)16)9-5-3-4-6-9/h8-9H,3-7H2,1-2H3,(H,13,14)(H,15,16). The Morgan fingerprint density at radius 2 is 1.62 bits per heavy atom. The third-order valence-corrected chi connectivity index (χ3v) is 3.55. The summed E-state index contributed by atoms with van der Waals surface area (Å²) in [5, 5.41) is 18.6. The van der Waals surface area contributed by atoms with Crippen LogP contribution in [-0.4, -0.2) is 22.2 Å². The van der Waals surface area contributed by atoms with E-state index < -0.39 is 17.4 Å². The first-order chi connectivity index (χ1) is 7.41. The molecular formula is C12H20O4. The second-order valence-electron chi connectivity index (χ2n) is 5.16. The Hall–Kier alpha value is -1.06. The first-order valence-corrected chi connectivity index (χ1v) is 5.88. The van der Waals surface area contributed by atoms with Crippen molar-refractivity contribution in [2.75, 3.05) is 0 Å². The topological polar surface area (TPSA) is 74.6 Å². The minimum absolute atomic E-state index is 0.0767. The third kappa shape index (κ3) is 2.20. The zero-order chi connectivity index (χ0) is 12.3. The molecule has 0 aliphatic heterocycles. The van der Waals surface area contributed by atoms with Crippen LogP contribution in [0.3, 0.4) is 0 Å². The molecule has 16 heavy (non-hydrogen) atoms. The Morgan fingerprint density at radius 1 is 1.19 bits per heavy atom. The fraction of sp³-hybridized carbons (Fsp3) is 0.833. The van der Waals surface area contributed by atoms with E-state index in [-0.39, 0.29) is 18.3 Å². The molecule has 0 amide bonds. The third-order valence-electron chi connectivity index (χ3n) is 3.55. The van der Waals surface area contributed by atoms with Gasteiger partial charge in [-0.15, -0.1) is 0 Å². The van der Waals surface area contributed by atoms with Gasteiger partial charge in [-0.05, 0) is 31.1 Å². The summed E-state index contributed by atoms with van der Waals surface area (Å²) in [7, 11) is 0. The van der Waals surface area contributed by atoms with Crippen molar-refractivity contribution in [1.29, 1.82) is 0 Å². The molecule has 0 aromatic carbocycles. The molecule has 1 saturated carbocycles. The van der Waals surface area contributed by atoms with Gasteiger partial charge in [-0.3, -0.25) is 9.59 Å². The lowest BCUT2D eigenvalue weighted by Crippen LogP contribution is -2.46. The molecule has 0 atom stereocenters. The van der Waals surface area contributed by atoms with Gasteiger partial charge in [0.05, 0.1) is 0 Å². The van der Waals surface area contributed by atoms with Crippen molar-refractivity contribution in [3.8, 4) is 0 Å². The van der Waals surface area contributed by atoms with Gasteiger partial charge in [-0.1, -0.05) is 26.7 Å². The van der Waals surface area contributed by atoms with Crippen molar-refractivity contribution in [3.05, 3.63) is 0 Å². The van der Waals surface area contributed by atoms with Gasteiger partial charge in [-0.2, -0.15) is 0 Å². The maximum Gasteiger partial charge on any atom is 0.321 e. The van der Waals surface area contributed by atoms with E-state index >= 15 is 0 Å². The first-order valence-electron chi connectivity index (χ1n) is 5.88. The monoisotopic (exact) mass is 228 g/mol. The van der Waals surface area contributed by atoms with Gasteiger partial charge in [0.1, 0.15) is 0 Å². The molecule has 1 rings (SSSR count). The number of carboxylic acids is 2. The number of hydrogen-bond donors (Lipinski definition) is 2. The van der Waals surface area contributed by atoms with Crippen LogP contribution in [0.4, 0.5) is 0 Å². The molecule has 2 N–H and O–H groups in total. The molecule has 0 saturated heterocycles. The molecule has 0 heterocycles. The summed E-state index contributed by atoms with van der Waals surface area (Å²) in [6, 6.07) is 0. The van der Waals surface area contributed by atoms with Crippen LogP contribution in [-0.2, 0) is 9.59 Å². The highest BCUT2D eigenvalue weighted by atomic mass is 16.4. The maximum absolute atomic E-state index is 11.4. The predicted molar refractivity (Wildman–Crippen MR) is 59.1 cm³/mol. The summed E-state index contributed by atoms with van der Waals surface area (Å²) in [5.41, 5.74) is -1.56. The average Bonchev–Trinajstić information content (AvgIpc) is 2.65. The van der Waals surface area contributed by atoms with E-state index in [0.717, 1.165) is 25.7 Å². The number of hydrogen-bond acceptors (Lipinski definition) is 2. The highest BCUT2D eigenvalue weighted by molar-refractivity contribution is 5.98. The summed E-state index contributed by atoms with van der Waals surface area (Å²) >= 11 is 0. The largest absolute Gasteiger partial charge is 0.480 e. The smallest absolute Gasteiger partial charge is 0.321 e. The molecule has 0 bridgehead atoms. The van der Waals surface area contributed by atoms with Crippen molar-refractivity contribution >= 4 is 11.9 Å². The van der Waals surface area contributed by atoms with Crippen molar-refractivity contribution in [3.63, 3.8) is 0 Å². The molecular weight excluding hydrogens is 208 g/mol. The molecule has 92 valence electrons. The average molecular weight is 228 g/mol. The fourth-order valence-electron chi connectivity index (χ4n) is 2.84. The quantitative estimate of drug-likeness (QED) is 0.708. The van der Waals surface area contributed by atoms with Gasteiger partial charge in [0.25, 0.3) is 0 Å². The molecule has 0 aromatic rings. The van der Waals surface area contributed by atoms with Gasteiger partial charge in [0.15, 0.2) is 5.41 Å². The van der Waals surface area contributed by atoms with Crippen molar-refractivity contribution in [2.24, 2.45) is 17.3 Å². The minimum atomic E-state index is -1.56. The number of carboxylic acid groups (broad SMARTS) is 2. The van der Waals surface area contributed by atoms with Crippen molar-refractivity contribution in [1.82, 2.24) is 0 Å². The summed E-state index contributed by atoms with van der Waals surface area (Å²) in [6.07, 6.45) is 3.58. The zero-order valence-corrected chi connectivity index (χ0v) is 9.90. The molecule has 1 aliphatic carbocycles. The normalized spacial score (nSPS) is 17.9. The minimum Gasteiger partial charge on any atom is -0.480 e. The summed E-state index contributed by atoms with van der Waals surface area (Å²) in [4.78, 5) is 22.8. The van der Waals surface area contributed by atoms with Gasteiger partial charge >= 0.3 is 11.9 Å². The van der Waals surface area contributed by atoms with Crippen LogP contribution in [0, 0.1) is 17.3 Å². The van der Waals surface area contributed by atoms with Gasteiger partial charge in [-0.25, -0.2) is 0 Å². The molecule has 0 unspecified atom stereocenters. The van der Waals surface area contributed by atoms with E-state index in [2.05, 4.69) is 0 Å². The lowest BCUT2D eigenvalue weighted by Gasteiger charge is -2.32. The summed E-state index contributed by atoms with van der Waals surface area (Å²) < 4.78 is 0. The lowest BCUT2D eigenvalue weighted by molar-refractivity contribution is -0.171. The molecule has 1 fully saturated rings. The van der Waals surface area contributed by atoms with Crippen LogP contribution in [0.5, 0.6) is 0 Å². The molecule has 4 heteroatoms. The number of aliphatic carboxylic acids is 2. The van der Waals surface area contributed by atoms with Crippen LogP contribution in [0.15, 0.2) is 0 Å². The Kier molecular flexibility index (Phi) is 3.94. The first kappa shape index (κ1) is 13.0. The maximum atomic E-state index is 11.4. The van der Waals surface area contributed by atoms with E-state index in [1.807, 2.05) is 13.8 Å². The Balaban J connectivity index is 3.04. The highest BCUT2D eigenvalue weighted by Gasteiger charge is 2.53. The second-order valence-corrected chi connectivity index (χ2v) is 5.16. The zero-order valence-electron chi connectivity index (χ0n) is 9.90. The van der Waals surface area contributed by atoms with Crippen LogP contribution in [0.2, 0.25) is 0 Å². The van der Waals surface area contributed by atoms with E-state index in [1.165, 1.54) is 0 Å². The lowest BCUT2D eigenvalue weighted by atomic mass is 9.69. The van der Waals surface area contributed by atoms with E-state index in [4.69, 9.17) is 0 Å². The molecule has 4 nitrogen and oxygen atoms in total. The molecule has 0 aromatic heterocycles. The van der Waals surface area contributed by atoms with Gasteiger partial charge in [0, 0.05) is 0 Å². The SMILES string of the molecule is CC(C)CC(C(=O)O)(C(=O)O)C1CCCC1. The Labute approximate surface area is 95.7 Å². The van der Waals surface area contributed by atoms with Crippen LogP contribution < -0.4 is 0 Å². The summed E-state index contributed by atoms with van der Waals surface area (Å²) in [5.74, 6) is -2.46. The number of carbonyl (C=O) groups is 2. The van der Waals surface area contributed by atoms with Crippen LogP contribution in [0.1, 0.15) is 46.0 Å². The Bertz CT molecular complexity index is 263. The predicted octanol–water partition coefficient (Wildman–Crippen LogP) is 2.38. The van der Waals surface area contributed by atoms with E-state index in [1.54, 1.807) is 0 Å². The molecule has 0 radical (unpaired) electrons. The molecule has 0 spiro atoms. The van der Waals surface area contributed by atoms with Crippen LogP contribution in [0.25, 0.3) is 0 Å². The van der Waals surface area contributed by atoms with E-state index in [9.17, 15) is 19.8 Å². The number of rotatable bonds is 5. The van der Waals surface area contributed by atoms with Crippen LogP contribution >= 0.6 is 0 Å². The van der Waals surface area contributed by atoms with Gasteiger partial charge < -0.3 is 10.2 Å². The van der Waals surface area contributed by atoms with Crippen molar-refractivity contribution < 1.29 is 19.8 Å². The Morgan fingerprint density at radius 3 is 1.94 bits per heavy atom. The van der Waals surface area contributed by atoms with Crippen molar-refractivity contribution in [2.45, 2.75) is 46.0 Å². The van der Waals surface area contributed by atoms with E-state index in [0.29, 0.717) is 0 Å². The van der Waals surface area contributed by atoms with Gasteiger partial charge in [0.2, 0.25) is 0 Å². The fourth-order valence-corrected chi connectivity index (χ4v) is 2.84. The second kappa shape index (κ2) is 4.85.